The lowest BCUT2D eigenvalue weighted by atomic mass is 9.83. The smallest absolute Gasteiger partial charge is 0.252 e. The van der Waals surface area contributed by atoms with Crippen molar-refractivity contribution in [2.24, 2.45) is 0 Å². The number of benzene rings is 3. The first-order valence-electron chi connectivity index (χ1n) is 14.3. The summed E-state index contributed by atoms with van der Waals surface area (Å²) in [4.78, 5) is 13.7. The monoisotopic (exact) mass is 579 g/mol. The fraction of sp³-hybridized carbons (Fsp3) is 0.424. The second-order valence-corrected chi connectivity index (χ2v) is 10.7. The van der Waals surface area contributed by atoms with Gasteiger partial charge in [0.2, 0.25) is 0 Å². The number of hydrogen-bond donors (Lipinski definition) is 6. The minimum absolute atomic E-state index is 0.230. The highest BCUT2D eigenvalue weighted by atomic mass is 16.6. The van der Waals surface area contributed by atoms with Gasteiger partial charge < -0.3 is 40.3 Å². The van der Waals surface area contributed by atoms with Crippen LogP contribution in [0, 0.1) is 0 Å². The first kappa shape index (κ1) is 31.6. The molecule has 6 N–H and O–H groups in total. The Bertz CT molecular complexity index is 1410. The van der Waals surface area contributed by atoms with Crippen molar-refractivity contribution in [2.45, 2.75) is 69.2 Å². The summed E-state index contributed by atoms with van der Waals surface area (Å²) in [6.45, 7) is 2.24. The fourth-order valence-electron chi connectivity index (χ4n) is 5.86. The molecule has 1 aliphatic rings. The molecule has 1 amide bonds. The molecular formula is C33H41NO8. The average molecular weight is 580 g/mol. The number of aliphatic hydroxyl groups is 5. The molecule has 42 heavy (non-hydrogen) atoms. The Hall–Kier alpha value is -3.31. The van der Waals surface area contributed by atoms with Crippen molar-refractivity contribution >= 4 is 22.3 Å². The van der Waals surface area contributed by atoms with Gasteiger partial charge in [0, 0.05) is 11.1 Å². The van der Waals surface area contributed by atoms with Crippen LogP contribution in [0.25, 0.3) is 16.3 Å². The van der Waals surface area contributed by atoms with E-state index in [2.05, 4.69) is 42.6 Å². The van der Waals surface area contributed by atoms with Crippen molar-refractivity contribution in [3.05, 3.63) is 83.4 Å². The third kappa shape index (κ3) is 6.08. The molecule has 0 radical (unpaired) electrons. The minimum atomic E-state index is -2.13. The molecule has 0 spiro atoms. The normalized spacial score (nSPS) is 25.3. The van der Waals surface area contributed by atoms with Crippen LogP contribution in [-0.2, 0) is 16.0 Å². The Morgan fingerprint density at radius 3 is 2.45 bits per heavy atom. The third-order valence-corrected chi connectivity index (χ3v) is 8.42. The molecule has 0 aliphatic carbocycles. The number of hydrogen-bond acceptors (Lipinski definition) is 8. The highest BCUT2D eigenvalue weighted by Gasteiger charge is 2.56. The number of carbonyl (C=O) groups is 1. The second-order valence-electron chi connectivity index (χ2n) is 10.7. The molecule has 1 heterocycles. The topological polar surface area (TPSA) is 149 Å². The van der Waals surface area contributed by atoms with E-state index in [1.54, 1.807) is 32.2 Å². The SMILES string of the molecule is C/C=C(/C(=O)N[C@@]1(CO)C(O)O[C@H](CO)[C@@H](O)[C@@H]1O)c1cccc(OC)c1CC[C@H](CC)c1ccc2ccccc2c1. The first-order valence-corrected chi connectivity index (χ1v) is 14.3. The number of nitrogens with one attached hydrogen (secondary N) is 1. The van der Waals surface area contributed by atoms with Gasteiger partial charge in [-0.25, -0.2) is 0 Å². The summed E-state index contributed by atoms with van der Waals surface area (Å²) in [7, 11) is 1.57. The van der Waals surface area contributed by atoms with Crippen LogP contribution < -0.4 is 10.1 Å². The largest absolute Gasteiger partial charge is 0.496 e. The average Bonchev–Trinajstić information content (AvgIpc) is 3.01. The van der Waals surface area contributed by atoms with E-state index in [0.29, 0.717) is 17.7 Å². The molecule has 1 saturated heterocycles. The predicted octanol–water partition coefficient (Wildman–Crippen LogP) is 2.66. The molecule has 9 nitrogen and oxygen atoms in total. The van der Waals surface area contributed by atoms with Gasteiger partial charge in [0.1, 0.15) is 29.6 Å². The predicted molar refractivity (Wildman–Crippen MR) is 160 cm³/mol. The zero-order valence-electron chi connectivity index (χ0n) is 24.2. The Morgan fingerprint density at radius 2 is 1.81 bits per heavy atom. The first-order chi connectivity index (χ1) is 20.2. The van der Waals surface area contributed by atoms with E-state index in [1.807, 2.05) is 18.2 Å². The van der Waals surface area contributed by atoms with Crippen molar-refractivity contribution < 1.29 is 39.8 Å². The number of allylic oxidation sites excluding steroid dienone is 1. The lowest BCUT2D eigenvalue weighted by Gasteiger charge is -2.48. The number of ether oxygens (including phenoxy) is 2. The number of amides is 1. The summed E-state index contributed by atoms with van der Waals surface area (Å²) >= 11 is 0. The van der Waals surface area contributed by atoms with Gasteiger partial charge in [0.05, 0.1) is 20.3 Å². The molecular weight excluding hydrogens is 538 g/mol. The lowest BCUT2D eigenvalue weighted by Crippen LogP contribution is -2.75. The molecule has 6 atom stereocenters. The van der Waals surface area contributed by atoms with Crippen LogP contribution in [0.2, 0.25) is 0 Å². The molecule has 1 fully saturated rings. The van der Waals surface area contributed by atoms with Crippen LogP contribution in [0.15, 0.2) is 66.7 Å². The van der Waals surface area contributed by atoms with Gasteiger partial charge in [-0.1, -0.05) is 67.6 Å². The van der Waals surface area contributed by atoms with Gasteiger partial charge in [0.25, 0.3) is 5.91 Å². The fourth-order valence-corrected chi connectivity index (χ4v) is 5.86. The molecule has 3 aromatic carbocycles. The zero-order chi connectivity index (χ0) is 30.4. The summed E-state index contributed by atoms with van der Waals surface area (Å²) in [5.74, 6) is 0.185. The standard InChI is InChI=1S/C33H41NO8/c1-4-20(23-14-13-21-9-6-7-10-22(21)17-23)15-16-26-25(11-8-12-27(26)41-3)24(5-2)31(39)34-33(19-36)30(38)29(37)28(18-35)42-32(33)40/h5-14,17,20,28-30,32,35-38,40H,4,15-16,18-19H2,1-3H3,(H,34,39)/b24-5+/t20-,28+,29+,30-,32?,33+/m0/s1. The van der Waals surface area contributed by atoms with Crippen LogP contribution in [0.1, 0.15) is 49.3 Å². The van der Waals surface area contributed by atoms with E-state index in [9.17, 15) is 30.3 Å². The maximum Gasteiger partial charge on any atom is 0.252 e. The van der Waals surface area contributed by atoms with Gasteiger partial charge >= 0.3 is 0 Å². The highest BCUT2D eigenvalue weighted by molar-refractivity contribution is 6.20. The van der Waals surface area contributed by atoms with E-state index in [-0.39, 0.29) is 11.5 Å². The molecule has 1 unspecified atom stereocenters. The van der Waals surface area contributed by atoms with E-state index in [1.165, 1.54) is 16.3 Å². The molecule has 3 aromatic rings. The highest BCUT2D eigenvalue weighted by Crippen LogP contribution is 2.35. The quantitative estimate of drug-likeness (QED) is 0.190. The number of fused-ring (bicyclic) bond motifs is 1. The molecule has 0 saturated carbocycles. The van der Waals surface area contributed by atoms with Gasteiger partial charge in [-0.15, -0.1) is 0 Å². The van der Waals surface area contributed by atoms with E-state index in [0.717, 1.165) is 18.4 Å². The lowest BCUT2D eigenvalue weighted by molar-refractivity contribution is -0.289. The van der Waals surface area contributed by atoms with Crippen LogP contribution in [-0.4, -0.2) is 81.9 Å². The Labute approximate surface area is 246 Å². The summed E-state index contributed by atoms with van der Waals surface area (Å²) in [5, 5.41) is 56.4. The zero-order valence-corrected chi connectivity index (χ0v) is 24.2. The summed E-state index contributed by atoms with van der Waals surface area (Å²) in [5.41, 5.74) is 0.765. The van der Waals surface area contributed by atoms with Gasteiger partial charge in [0.15, 0.2) is 6.29 Å². The van der Waals surface area contributed by atoms with Gasteiger partial charge in [-0.2, -0.15) is 0 Å². The van der Waals surface area contributed by atoms with Crippen molar-refractivity contribution in [1.29, 1.82) is 0 Å². The molecule has 0 bridgehead atoms. The minimum Gasteiger partial charge on any atom is -0.496 e. The number of methoxy groups -OCH3 is 1. The van der Waals surface area contributed by atoms with Gasteiger partial charge in [-0.3, -0.25) is 4.79 Å². The summed E-state index contributed by atoms with van der Waals surface area (Å²) in [6.07, 6.45) is -2.73. The van der Waals surface area contributed by atoms with Crippen molar-refractivity contribution in [3.63, 3.8) is 0 Å². The third-order valence-electron chi connectivity index (χ3n) is 8.42. The number of carbonyl (C=O) groups excluding carboxylic acids is 1. The maximum absolute atomic E-state index is 13.7. The van der Waals surface area contributed by atoms with Crippen LogP contribution in [0.3, 0.4) is 0 Å². The molecule has 0 aromatic heterocycles. The van der Waals surface area contributed by atoms with Gasteiger partial charge in [-0.05, 0) is 60.1 Å². The Kier molecular flexibility index (Phi) is 10.4. The number of aliphatic hydroxyl groups excluding tert-OH is 5. The number of rotatable bonds is 11. The van der Waals surface area contributed by atoms with E-state index in [4.69, 9.17) is 9.47 Å². The van der Waals surface area contributed by atoms with Crippen molar-refractivity contribution in [1.82, 2.24) is 5.32 Å². The molecule has 1 aliphatic heterocycles. The van der Waals surface area contributed by atoms with Crippen LogP contribution in [0.4, 0.5) is 0 Å². The summed E-state index contributed by atoms with van der Waals surface area (Å²) < 4.78 is 10.9. The van der Waals surface area contributed by atoms with Crippen LogP contribution in [0.5, 0.6) is 5.75 Å². The Balaban J connectivity index is 1.62. The summed E-state index contributed by atoms with van der Waals surface area (Å²) in [6, 6.07) is 20.2. The van der Waals surface area contributed by atoms with E-state index >= 15 is 0 Å². The molecule has 9 heteroatoms. The molecule has 4 rings (SSSR count). The maximum atomic E-state index is 13.7. The van der Waals surface area contributed by atoms with Crippen molar-refractivity contribution in [2.75, 3.05) is 20.3 Å². The van der Waals surface area contributed by atoms with Crippen molar-refractivity contribution in [3.8, 4) is 5.75 Å². The Morgan fingerprint density at radius 1 is 1.07 bits per heavy atom. The van der Waals surface area contributed by atoms with E-state index < -0.39 is 49.3 Å². The second kappa shape index (κ2) is 13.8. The van der Waals surface area contributed by atoms with Crippen LogP contribution >= 0.6 is 0 Å². The molecule has 226 valence electrons.